The molecule has 2 aromatic rings. The molecule has 5 nitrogen and oxygen atoms in total. The fourth-order valence-electron chi connectivity index (χ4n) is 2.19. The lowest BCUT2D eigenvalue weighted by molar-refractivity contribution is 0.591. The van der Waals surface area contributed by atoms with Gasteiger partial charge in [-0.05, 0) is 31.0 Å². The Kier molecular flexibility index (Phi) is 4.04. The summed E-state index contributed by atoms with van der Waals surface area (Å²) in [5.74, 6) is 0.996. The van der Waals surface area contributed by atoms with Gasteiger partial charge in [-0.15, -0.1) is 0 Å². The van der Waals surface area contributed by atoms with Crippen molar-refractivity contribution in [2.24, 2.45) is 0 Å². The Hall–Kier alpha value is -2.04. The van der Waals surface area contributed by atoms with E-state index in [1.807, 2.05) is 30.8 Å². The van der Waals surface area contributed by atoms with Gasteiger partial charge in [0.25, 0.3) is 0 Å². The molecule has 0 unspecified atom stereocenters. The van der Waals surface area contributed by atoms with Gasteiger partial charge in [0.05, 0.1) is 11.4 Å². The third-order valence-corrected chi connectivity index (χ3v) is 3.11. The Morgan fingerprint density at radius 3 is 2.63 bits per heavy atom. The highest BCUT2D eigenvalue weighted by atomic mass is 15.4. The molecule has 0 saturated carbocycles. The van der Waals surface area contributed by atoms with Crippen LogP contribution in [0.15, 0.2) is 24.5 Å². The quantitative estimate of drug-likeness (QED) is 0.894. The summed E-state index contributed by atoms with van der Waals surface area (Å²) in [5.41, 5.74) is 9.02. The molecule has 0 atom stereocenters. The van der Waals surface area contributed by atoms with Crippen molar-refractivity contribution in [2.45, 2.75) is 33.4 Å². The van der Waals surface area contributed by atoms with Gasteiger partial charge in [-0.3, -0.25) is 4.98 Å². The smallest absolute Gasteiger partial charge is 0.150 e. The second-order valence-corrected chi connectivity index (χ2v) is 4.76. The van der Waals surface area contributed by atoms with Gasteiger partial charge >= 0.3 is 0 Å². The van der Waals surface area contributed by atoms with Crippen LogP contribution in [0.4, 0.5) is 11.5 Å². The molecule has 19 heavy (non-hydrogen) atoms. The second-order valence-electron chi connectivity index (χ2n) is 4.76. The minimum absolute atomic E-state index is 0.769. The Morgan fingerprint density at radius 2 is 2.00 bits per heavy atom. The minimum Gasteiger partial charge on any atom is -0.394 e. The molecule has 0 radical (unpaired) electrons. The Labute approximate surface area is 114 Å². The van der Waals surface area contributed by atoms with Crippen molar-refractivity contribution in [2.75, 3.05) is 17.7 Å². The monoisotopic (exact) mass is 259 g/mol. The van der Waals surface area contributed by atoms with Gasteiger partial charge in [-0.1, -0.05) is 6.92 Å². The van der Waals surface area contributed by atoms with E-state index >= 15 is 0 Å². The molecule has 2 rings (SSSR count). The van der Waals surface area contributed by atoms with Crippen LogP contribution in [0, 0.1) is 6.92 Å². The lowest BCUT2D eigenvalue weighted by Crippen LogP contribution is -2.21. The van der Waals surface area contributed by atoms with E-state index in [-0.39, 0.29) is 0 Å². The predicted octanol–water partition coefficient (Wildman–Crippen LogP) is 2.22. The summed E-state index contributed by atoms with van der Waals surface area (Å²) in [7, 11) is 2.04. The number of aromatic nitrogens is 3. The maximum absolute atomic E-state index is 6.15. The Bertz CT molecular complexity index is 532. The van der Waals surface area contributed by atoms with Crippen LogP contribution in [-0.4, -0.2) is 21.8 Å². The van der Waals surface area contributed by atoms with Gasteiger partial charge in [-0.25, -0.2) is 4.68 Å². The highest BCUT2D eigenvalue weighted by Gasteiger charge is 2.16. The molecule has 0 spiro atoms. The molecule has 0 amide bonds. The number of rotatable bonds is 5. The summed E-state index contributed by atoms with van der Waals surface area (Å²) in [6.07, 6.45) is 4.65. The van der Waals surface area contributed by atoms with Crippen molar-refractivity contribution in [3.05, 3.63) is 35.8 Å². The zero-order valence-corrected chi connectivity index (χ0v) is 11.8. The lowest BCUT2D eigenvalue weighted by Gasteiger charge is -2.21. The zero-order valence-electron chi connectivity index (χ0n) is 11.8. The summed E-state index contributed by atoms with van der Waals surface area (Å²) in [6, 6.07) is 4.03. The van der Waals surface area contributed by atoms with E-state index in [1.165, 1.54) is 5.56 Å². The van der Waals surface area contributed by atoms with Gasteiger partial charge in [0.1, 0.15) is 0 Å². The van der Waals surface area contributed by atoms with Crippen molar-refractivity contribution in [1.82, 2.24) is 14.8 Å². The van der Waals surface area contributed by atoms with Gasteiger partial charge in [0, 0.05) is 32.5 Å². The van der Waals surface area contributed by atoms with E-state index in [0.717, 1.165) is 36.7 Å². The molecule has 0 aliphatic rings. The van der Waals surface area contributed by atoms with Crippen LogP contribution in [0.2, 0.25) is 0 Å². The van der Waals surface area contributed by atoms with Crippen LogP contribution in [0.3, 0.4) is 0 Å². The van der Waals surface area contributed by atoms with Crippen LogP contribution in [0.1, 0.15) is 24.6 Å². The standard InChI is InChI=1S/C14H21N5/c1-4-9-19-14(13(15)11(2)17-19)18(3)10-12-5-7-16-8-6-12/h5-8H,4,9-10,15H2,1-3H3. The number of nitrogen functional groups attached to an aromatic ring is 1. The fraction of sp³-hybridized carbons (Fsp3) is 0.429. The number of hydrogen-bond acceptors (Lipinski definition) is 4. The van der Waals surface area contributed by atoms with E-state index in [0.29, 0.717) is 0 Å². The fourth-order valence-corrected chi connectivity index (χ4v) is 2.19. The number of anilines is 2. The number of pyridine rings is 1. The van der Waals surface area contributed by atoms with Crippen molar-refractivity contribution >= 4 is 11.5 Å². The van der Waals surface area contributed by atoms with Gasteiger partial charge in [0.2, 0.25) is 0 Å². The maximum atomic E-state index is 6.15. The Morgan fingerprint density at radius 1 is 1.32 bits per heavy atom. The van der Waals surface area contributed by atoms with Crippen LogP contribution < -0.4 is 10.6 Å². The molecular weight excluding hydrogens is 238 g/mol. The second kappa shape index (κ2) is 5.73. The summed E-state index contributed by atoms with van der Waals surface area (Å²) >= 11 is 0. The zero-order chi connectivity index (χ0) is 13.8. The average Bonchev–Trinajstić information content (AvgIpc) is 2.66. The summed E-state index contributed by atoms with van der Waals surface area (Å²) in [5, 5.41) is 4.50. The minimum atomic E-state index is 0.769. The van der Waals surface area contributed by atoms with E-state index in [9.17, 15) is 0 Å². The van der Waals surface area contributed by atoms with Crippen LogP contribution >= 0.6 is 0 Å². The molecule has 2 N–H and O–H groups in total. The molecule has 2 heterocycles. The molecule has 0 bridgehead atoms. The molecule has 0 fully saturated rings. The average molecular weight is 259 g/mol. The van der Waals surface area contributed by atoms with Crippen LogP contribution in [0.25, 0.3) is 0 Å². The van der Waals surface area contributed by atoms with Crippen molar-refractivity contribution in [1.29, 1.82) is 0 Å². The van der Waals surface area contributed by atoms with E-state index in [1.54, 1.807) is 12.4 Å². The maximum Gasteiger partial charge on any atom is 0.150 e. The molecule has 0 saturated heterocycles. The first kappa shape index (κ1) is 13.4. The normalized spacial score (nSPS) is 10.7. The Balaban J connectivity index is 2.25. The molecule has 5 heteroatoms. The molecule has 2 aromatic heterocycles. The van der Waals surface area contributed by atoms with E-state index in [4.69, 9.17) is 5.73 Å². The number of aryl methyl sites for hydroxylation is 2. The van der Waals surface area contributed by atoms with E-state index < -0.39 is 0 Å². The van der Waals surface area contributed by atoms with Gasteiger partial charge in [0.15, 0.2) is 5.82 Å². The molecule has 102 valence electrons. The first-order chi connectivity index (χ1) is 9.13. The molecule has 0 aliphatic carbocycles. The molecular formula is C14H21N5. The lowest BCUT2D eigenvalue weighted by atomic mass is 10.2. The van der Waals surface area contributed by atoms with Crippen molar-refractivity contribution in [3.8, 4) is 0 Å². The van der Waals surface area contributed by atoms with Crippen molar-refractivity contribution in [3.63, 3.8) is 0 Å². The number of hydrogen-bond donors (Lipinski definition) is 1. The number of nitrogens with two attached hydrogens (primary N) is 1. The first-order valence-corrected chi connectivity index (χ1v) is 6.56. The molecule has 0 aliphatic heterocycles. The predicted molar refractivity (Wildman–Crippen MR) is 78.0 cm³/mol. The van der Waals surface area contributed by atoms with Crippen LogP contribution in [-0.2, 0) is 13.1 Å². The third-order valence-electron chi connectivity index (χ3n) is 3.11. The first-order valence-electron chi connectivity index (χ1n) is 6.56. The van der Waals surface area contributed by atoms with Crippen molar-refractivity contribution < 1.29 is 0 Å². The largest absolute Gasteiger partial charge is 0.394 e. The third kappa shape index (κ3) is 2.86. The summed E-state index contributed by atoms with van der Waals surface area (Å²) < 4.78 is 1.99. The molecule has 0 aromatic carbocycles. The van der Waals surface area contributed by atoms with Gasteiger partial charge in [-0.2, -0.15) is 5.10 Å². The highest BCUT2D eigenvalue weighted by Crippen LogP contribution is 2.26. The topological polar surface area (TPSA) is 60.0 Å². The summed E-state index contributed by atoms with van der Waals surface area (Å²) in [4.78, 5) is 6.17. The van der Waals surface area contributed by atoms with E-state index in [2.05, 4.69) is 21.9 Å². The SMILES string of the molecule is CCCn1nc(C)c(N)c1N(C)Cc1ccncc1. The highest BCUT2D eigenvalue weighted by molar-refractivity contribution is 5.66. The van der Waals surface area contributed by atoms with Crippen LogP contribution in [0.5, 0.6) is 0 Å². The number of nitrogens with zero attached hydrogens (tertiary/aromatic N) is 4. The summed E-state index contributed by atoms with van der Waals surface area (Å²) in [6.45, 7) is 5.76. The van der Waals surface area contributed by atoms with Gasteiger partial charge < -0.3 is 10.6 Å².